The summed E-state index contributed by atoms with van der Waals surface area (Å²) in [7, 11) is 3.37. The van der Waals surface area contributed by atoms with Crippen molar-refractivity contribution in [2.75, 3.05) is 20.7 Å². The number of ether oxygens (including phenoxy) is 2. The maximum Gasteiger partial charge on any atom is 0.191 e. The van der Waals surface area contributed by atoms with E-state index in [1.54, 1.807) is 26.3 Å². The lowest BCUT2D eigenvalue weighted by Crippen LogP contribution is -2.48. The van der Waals surface area contributed by atoms with Crippen LogP contribution >= 0.6 is 0 Å². The molecular formula is C19H27FN6O2. The van der Waals surface area contributed by atoms with Gasteiger partial charge < -0.3 is 20.1 Å². The molecule has 0 aliphatic carbocycles. The van der Waals surface area contributed by atoms with Crippen LogP contribution in [-0.2, 0) is 24.3 Å². The molecule has 2 aromatic rings. The third-order valence-electron chi connectivity index (χ3n) is 4.43. The van der Waals surface area contributed by atoms with Crippen molar-refractivity contribution in [1.29, 1.82) is 0 Å². The number of rotatable bonds is 7. The number of nitrogens with zero attached hydrogens (tertiary/aromatic N) is 4. The highest BCUT2D eigenvalue weighted by Crippen LogP contribution is 2.14. The first kappa shape index (κ1) is 20.1. The molecule has 2 heterocycles. The molecule has 0 saturated carbocycles. The normalized spacial score (nSPS) is 17.7. The molecule has 0 fully saturated rings. The second-order valence-electron chi connectivity index (χ2n) is 6.78. The molecule has 152 valence electrons. The number of aromatic nitrogens is 3. The monoisotopic (exact) mass is 390 g/mol. The number of hydrogen-bond donors (Lipinski definition) is 2. The zero-order valence-corrected chi connectivity index (χ0v) is 16.5. The predicted molar refractivity (Wildman–Crippen MR) is 104 cm³/mol. The Morgan fingerprint density at radius 2 is 2.32 bits per heavy atom. The van der Waals surface area contributed by atoms with Gasteiger partial charge in [0.25, 0.3) is 0 Å². The first-order chi connectivity index (χ1) is 13.6. The van der Waals surface area contributed by atoms with E-state index in [2.05, 4.69) is 25.7 Å². The summed E-state index contributed by atoms with van der Waals surface area (Å²) >= 11 is 0. The maximum absolute atomic E-state index is 13.3. The van der Waals surface area contributed by atoms with E-state index < -0.39 is 0 Å². The van der Waals surface area contributed by atoms with Crippen molar-refractivity contribution in [3.05, 3.63) is 41.7 Å². The number of halogens is 1. The molecule has 9 heteroatoms. The molecule has 0 bridgehead atoms. The molecule has 2 N–H and O–H groups in total. The van der Waals surface area contributed by atoms with Crippen LogP contribution in [0.2, 0.25) is 0 Å². The molecule has 1 aromatic carbocycles. The van der Waals surface area contributed by atoms with Crippen molar-refractivity contribution in [2.45, 2.75) is 45.1 Å². The van der Waals surface area contributed by atoms with Gasteiger partial charge in [-0.15, -0.1) is 0 Å². The number of methoxy groups -OCH3 is 1. The molecule has 0 saturated heterocycles. The molecule has 3 rings (SSSR count). The highest BCUT2D eigenvalue weighted by Gasteiger charge is 2.22. The van der Waals surface area contributed by atoms with Crippen LogP contribution in [0, 0.1) is 5.82 Å². The molecule has 2 unspecified atom stereocenters. The highest BCUT2D eigenvalue weighted by atomic mass is 19.1. The van der Waals surface area contributed by atoms with Gasteiger partial charge in [-0.2, -0.15) is 5.10 Å². The van der Waals surface area contributed by atoms with Gasteiger partial charge in [0.1, 0.15) is 30.1 Å². The Morgan fingerprint density at radius 1 is 1.46 bits per heavy atom. The average Bonchev–Trinajstić information content (AvgIpc) is 3.07. The third-order valence-corrected chi connectivity index (χ3v) is 4.43. The SMILES string of the molecule is CN=C(NCC(C)Oc1cccc(F)c1)NC1CCc2nc(COC)nn2C1. The van der Waals surface area contributed by atoms with Crippen LogP contribution in [0.1, 0.15) is 25.0 Å². The fourth-order valence-corrected chi connectivity index (χ4v) is 3.11. The van der Waals surface area contributed by atoms with Gasteiger partial charge >= 0.3 is 0 Å². The van der Waals surface area contributed by atoms with Gasteiger partial charge in [0.05, 0.1) is 13.1 Å². The quantitative estimate of drug-likeness (QED) is 0.551. The van der Waals surface area contributed by atoms with Crippen LogP contribution < -0.4 is 15.4 Å². The minimum absolute atomic E-state index is 0.148. The summed E-state index contributed by atoms with van der Waals surface area (Å²) < 4.78 is 26.0. The standard InChI is InChI=1S/C19H27FN6O2/c1-13(28-16-6-4-5-14(20)9-16)10-22-19(21-2)23-15-7-8-18-24-17(12-27-3)25-26(18)11-15/h4-6,9,13,15H,7-8,10-12H2,1-3H3,(H2,21,22,23). The summed E-state index contributed by atoms with van der Waals surface area (Å²) in [4.78, 5) is 8.77. The Bertz CT molecular complexity index is 809. The van der Waals surface area contributed by atoms with Gasteiger partial charge in [-0.1, -0.05) is 6.07 Å². The van der Waals surface area contributed by atoms with Crippen LogP contribution in [0.3, 0.4) is 0 Å². The lowest BCUT2D eigenvalue weighted by atomic mass is 10.1. The van der Waals surface area contributed by atoms with E-state index >= 15 is 0 Å². The Balaban J connectivity index is 1.48. The van der Waals surface area contributed by atoms with Crippen molar-refractivity contribution < 1.29 is 13.9 Å². The Kier molecular flexibility index (Phi) is 6.80. The topological polar surface area (TPSA) is 85.6 Å². The molecule has 8 nitrogen and oxygen atoms in total. The van der Waals surface area contributed by atoms with Crippen LogP contribution in [0.25, 0.3) is 0 Å². The van der Waals surface area contributed by atoms with Gasteiger partial charge in [0, 0.05) is 32.7 Å². The maximum atomic E-state index is 13.3. The summed E-state index contributed by atoms with van der Waals surface area (Å²) in [5.41, 5.74) is 0. The van der Waals surface area contributed by atoms with Crippen LogP contribution in [0.4, 0.5) is 4.39 Å². The zero-order chi connectivity index (χ0) is 19.9. The van der Waals surface area contributed by atoms with Crippen LogP contribution in [0.5, 0.6) is 5.75 Å². The zero-order valence-electron chi connectivity index (χ0n) is 16.5. The largest absolute Gasteiger partial charge is 0.489 e. The minimum atomic E-state index is -0.312. The molecule has 0 spiro atoms. The summed E-state index contributed by atoms with van der Waals surface area (Å²) in [6.07, 6.45) is 1.65. The lowest BCUT2D eigenvalue weighted by molar-refractivity contribution is 0.177. The fourth-order valence-electron chi connectivity index (χ4n) is 3.11. The Labute approximate surface area is 164 Å². The average molecular weight is 390 g/mol. The van der Waals surface area contributed by atoms with Gasteiger partial charge in [-0.25, -0.2) is 14.1 Å². The number of aliphatic imine (C=N–C) groups is 1. The minimum Gasteiger partial charge on any atom is -0.489 e. The number of aryl methyl sites for hydroxylation is 1. The van der Waals surface area contributed by atoms with Gasteiger partial charge in [-0.3, -0.25) is 4.99 Å². The second kappa shape index (κ2) is 9.50. The molecule has 28 heavy (non-hydrogen) atoms. The van der Waals surface area contributed by atoms with Crippen molar-refractivity contribution in [2.24, 2.45) is 4.99 Å². The first-order valence-electron chi connectivity index (χ1n) is 9.38. The number of nitrogens with one attached hydrogen (secondary N) is 2. The lowest BCUT2D eigenvalue weighted by Gasteiger charge is -2.26. The van der Waals surface area contributed by atoms with E-state index in [-0.39, 0.29) is 18.0 Å². The number of fused-ring (bicyclic) bond motifs is 1. The van der Waals surface area contributed by atoms with E-state index in [0.717, 1.165) is 25.2 Å². The van der Waals surface area contributed by atoms with E-state index in [0.29, 0.717) is 30.7 Å². The molecule has 0 radical (unpaired) electrons. The predicted octanol–water partition coefficient (Wildman–Crippen LogP) is 1.51. The van der Waals surface area contributed by atoms with E-state index in [4.69, 9.17) is 9.47 Å². The second-order valence-corrected chi connectivity index (χ2v) is 6.78. The molecular weight excluding hydrogens is 363 g/mol. The highest BCUT2D eigenvalue weighted by molar-refractivity contribution is 5.80. The molecule has 2 atom stereocenters. The van der Waals surface area contributed by atoms with Gasteiger partial charge in [-0.05, 0) is 25.5 Å². The Hall–Kier alpha value is -2.68. The van der Waals surface area contributed by atoms with Gasteiger partial charge in [0.15, 0.2) is 11.8 Å². The molecule has 1 aliphatic rings. The fraction of sp³-hybridized carbons (Fsp3) is 0.526. The summed E-state index contributed by atoms with van der Waals surface area (Å²) in [6, 6.07) is 6.34. The van der Waals surface area contributed by atoms with E-state index in [1.807, 2.05) is 11.6 Å². The van der Waals surface area contributed by atoms with Crippen molar-refractivity contribution in [3.8, 4) is 5.75 Å². The van der Waals surface area contributed by atoms with Crippen molar-refractivity contribution >= 4 is 5.96 Å². The summed E-state index contributed by atoms with van der Waals surface area (Å²) in [6.45, 7) is 3.60. The number of guanidine groups is 1. The Morgan fingerprint density at radius 3 is 3.07 bits per heavy atom. The van der Waals surface area contributed by atoms with Crippen LogP contribution in [-0.4, -0.2) is 53.6 Å². The smallest absolute Gasteiger partial charge is 0.191 e. The molecule has 0 amide bonds. The van der Waals surface area contributed by atoms with Gasteiger partial charge in [0.2, 0.25) is 0 Å². The third kappa shape index (κ3) is 5.41. The summed E-state index contributed by atoms with van der Waals surface area (Å²) in [5.74, 6) is 2.60. The molecule has 1 aromatic heterocycles. The number of benzene rings is 1. The van der Waals surface area contributed by atoms with Crippen molar-refractivity contribution in [1.82, 2.24) is 25.4 Å². The van der Waals surface area contributed by atoms with Crippen LogP contribution in [0.15, 0.2) is 29.3 Å². The number of hydrogen-bond acceptors (Lipinski definition) is 5. The van der Waals surface area contributed by atoms with E-state index in [1.165, 1.54) is 12.1 Å². The molecule has 1 aliphatic heterocycles. The van der Waals surface area contributed by atoms with Crippen molar-refractivity contribution in [3.63, 3.8) is 0 Å². The summed E-state index contributed by atoms with van der Waals surface area (Å²) in [5, 5.41) is 11.2. The first-order valence-corrected chi connectivity index (χ1v) is 9.38. The van der Waals surface area contributed by atoms with E-state index in [9.17, 15) is 4.39 Å².